The fourth-order valence-electron chi connectivity index (χ4n) is 2.59. The van der Waals surface area contributed by atoms with Crippen LogP contribution >= 0.6 is 0 Å². The molecule has 0 fully saturated rings. The highest BCUT2D eigenvalue weighted by Crippen LogP contribution is 2.28. The van der Waals surface area contributed by atoms with Crippen LogP contribution in [0.5, 0.6) is 0 Å². The molecule has 2 aromatic rings. The molecule has 1 aromatic heterocycles. The molecule has 0 aliphatic heterocycles. The van der Waals surface area contributed by atoms with Crippen molar-refractivity contribution in [2.75, 3.05) is 6.61 Å². The highest BCUT2D eigenvalue weighted by atomic mass is 16.5. The second kappa shape index (κ2) is 6.76. The molecule has 0 spiro atoms. The molecule has 0 unspecified atom stereocenters. The van der Waals surface area contributed by atoms with E-state index in [4.69, 9.17) is 4.74 Å². The predicted molar refractivity (Wildman–Crippen MR) is 83.3 cm³/mol. The smallest absolute Gasteiger partial charge is 0.340 e. The second-order valence-corrected chi connectivity index (χ2v) is 5.55. The third-order valence-electron chi connectivity index (χ3n) is 3.64. The lowest BCUT2D eigenvalue weighted by Gasteiger charge is -2.11. The van der Waals surface area contributed by atoms with Crippen LogP contribution in [-0.4, -0.2) is 22.2 Å². The number of aryl methyl sites for hydroxylation is 1. The van der Waals surface area contributed by atoms with Gasteiger partial charge in [0.25, 0.3) is 0 Å². The Morgan fingerprint density at radius 2 is 2.05 bits per heavy atom. The Labute approximate surface area is 125 Å². The first-order valence-corrected chi connectivity index (χ1v) is 7.48. The van der Waals surface area contributed by atoms with Gasteiger partial charge >= 0.3 is 5.97 Å². The highest BCUT2D eigenvalue weighted by Gasteiger charge is 2.22. The van der Waals surface area contributed by atoms with E-state index in [1.54, 1.807) is 6.92 Å². The van der Waals surface area contributed by atoms with Crippen LogP contribution in [0.4, 0.5) is 0 Å². The molecule has 4 heteroatoms. The molecular weight excluding hydrogens is 266 g/mol. The van der Waals surface area contributed by atoms with Gasteiger partial charge in [0.15, 0.2) is 0 Å². The number of carbonyl (C=O) groups is 1. The van der Waals surface area contributed by atoms with E-state index in [2.05, 4.69) is 13.8 Å². The van der Waals surface area contributed by atoms with Gasteiger partial charge in [0.1, 0.15) is 0 Å². The first-order chi connectivity index (χ1) is 10.1. The molecule has 1 N–H and O–H groups in total. The molecule has 0 aliphatic carbocycles. The van der Waals surface area contributed by atoms with E-state index in [1.165, 1.54) is 0 Å². The van der Waals surface area contributed by atoms with E-state index in [0.29, 0.717) is 23.8 Å². The molecule has 0 atom stereocenters. The molecule has 0 radical (unpaired) electrons. The number of rotatable bonds is 6. The lowest BCUT2D eigenvalue weighted by Crippen LogP contribution is -2.11. The van der Waals surface area contributed by atoms with Gasteiger partial charge in [0.05, 0.1) is 24.5 Å². The number of fused-ring (bicyclic) bond motifs is 1. The number of benzene rings is 1. The zero-order chi connectivity index (χ0) is 15.4. The third kappa shape index (κ3) is 3.10. The van der Waals surface area contributed by atoms with Crippen molar-refractivity contribution >= 4 is 16.9 Å². The maximum atomic E-state index is 12.2. The molecule has 4 nitrogen and oxygen atoms in total. The molecule has 21 heavy (non-hydrogen) atoms. The number of hydrogen-bond acceptors (Lipinski definition) is 3. The number of aliphatic hydroxyl groups excluding tert-OH is 1. The van der Waals surface area contributed by atoms with E-state index >= 15 is 0 Å². The summed E-state index contributed by atoms with van der Waals surface area (Å²) < 4.78 is 7.20. The summed E-state index contributed by atoms with van der Waals surface area (Å²) in [5.74, 6) is 0.199. The minimum atomic E-state index is -0.360. The Hall–Kier alpha value is -1.81. The standard InChI is InChI=1S/C17H23NO3/c1-4-21-17(20)16-13-7-5-6-8-14(13)18(15(16)11-19)10-9-12(2)3/h5-8,12,19H,4,9-11H2,1-3H3. The molecular formula is C17H23NO3. The highest BCUT2D eigenvalue weighted by molar-refractivity contribution is 6.06. The van der Waals surface area contributed by atoms with Gasteiger partial charge in [0, 0.05) is 17.4 Å². The monoisotopic (exact) mass is 289 g/mol. The first-order valence-electron chi connectivity index (χ1n) is 7.48. The summed E-state index contributed by atoms with van der Waals surface area (Å²) in [6.45, 7) is 7.06. The van der Waals surface area contributed by atoms with Crippen LogP contribution in [0.3, 0.4) is 0 Å². The maximum Gasteiger partial charge on any atom is 0.340 e. The fourth-order valence-corrected chi connectivity index (χ4v) is 2.59. The normalized spacial score (nSPS) is 11.3. The van der Waals surface area contributed by atoms with Crippen molar-refractivity contribution in [3.8, 4) is 0 Å². The molecule has 0 saturated carbocycles. The van der Waals surface area contributed by atoms with Gasteiger partial charge in [-0.3, -0.25) is 0 Å². The number of aliphatic hydroxyl groups is 1. The molecule has 1 heterocycles. The average Bonchev–Trinajstić information content (AvgIpc) is 2.78. The second-order valence-electron chi connectivity index (χ2n) is 5.55. The van der Waals surface area contributed by atoms with Crippen LogP contribution < -0.4 is 0 Å². The number of carbonyl (C=O) groups excluding carboxylic acids is 1. The number of para-hydroxylation sites is 1. The summed E-state index contributed by atoms with van der Waals surface area (Å²) in [6, 6.07) is 7.74. The van der Waals surface area contributed by atoms with E-state index in [-0.39, 0.29) is 12.6 Å². The van der Waals surface area contributed by atoms with E-state index in [1.807, 2.05) is 28.8 Å². The Kier molecular flexibility index (Phi) is 5.02. The molecule has 0 saturated heterocycles. The number of nitrogens with zero attached hydrogens (tertiary/aromatic N) is 1. The zero-order valence-electron chi connectivity index (χ0n) is 12.9. The Morgan fingerprint density at radius 3 is 2.67 bits per heavy atom. The Balaban J connectivity index is 2.58. The summed E-state index contributed by atoms with van der Waals surface area (Å²) in [4.78, 5) is 12.2. The molecule has 1 aromatic carbocycles. The fraction of sp³-hybridized carbons (Fsp3) is 0.471. The van der Waals surface area contributed by atoms with Crippen molar-refractivity contribution in [3.05, 3.63) is 35.5 Å². The minimum absolute atomic E-state index is 0.166. The van der Waals surface area contributed by atoms with Crippen LogP contribution in [0.2, 0.25) is 0 Å². The minimum Gasteiger partial charge on any atom is -0.462 e. The van der Waals surface area contributed by atoms with Crippen molar-refractivity contribution < 1.29 is 14.6 Å². The van der Waals surface area contributed by atoms with Gasteiger partial charge in [0.2, 0.25) is 0 Å². The summed E-state index contributed by atoms with van der Waals surface area (Å²) in [6.07, 6.45) is 0.994. The number of aromatic nitrogens is 1. The Morgan fingerprint density at radius 1 is 1.33 bits per heavy atom. The van der Waals surface area contributed by atoms with Crippen LogP contribution in [0.1, 0.15) is 43.2 Å². The lowest BCUT2D eigenvalue weighted by atomic mass is 10.1. The van der Waals surface area contributed by atoms with Gasteiger partial charge in [-0.05, 0) is 25.3 Å². The number of hydrogen-bond donors (Lipinski definition) is 1. The molecule has 0 bridgehead atoms. The quantitative estimate of drug-likeness (QED) is 0.830. The predicted octanol–water partition coefficient (Wildman–Crippen LogP) is 3.36. The van der Waals surface area contributed by atoms with Crippen LogP contribution in [0.15, 0.2) is 24.3 Å². The van der Waals surface area contributed by atoms with E-state index in [0.717, 1.165) is 23.9 Å². The van der Waals surface area contributed by atoms with Crippen molar-refractivity contribution in [2.24, 2.45) is 5.92 Å². The maximum absolute atomic E-state index is 12.2. The molecule has 114 valence electrons. The number of ether oxygens (including phenoxy) is 1. The molecule has 0 aliphatic rings. The topological polar surface area (TPSA) is 51.5 Å². The van der Waals surface area contributed by atoms with Crippen LogP contribution in [0.25, 0.3) is 10.9 Å². The summed E-state index contributed by atoms with van der Waals surface area (Å²) in [5, 5.41) is 10.6. The van der Waals surface area contributed by atoms with Crippen molar-refractivity contribution in [1.82, 2.24) is 4.57 Å². The summed E-state index contributed by atoms with van der Waals surface area (Å²) in [7, 11) is 0. The van der Waals surface area contributed by atoms with Gasteiger partial charge in [-0.25, -0.2) is 4.79 Å². The lowest BCUT2D eigenvalue weighted by molar-refractivity contribution is 0.0524. The average molecular weight is 289 g/mol. The first kappa shape index (κ1) is 15.6. The van der Waals surface area contributed by atoms with Crippen molar-refractivity contribution in [3.63, 3.8) is 0 Å². The SMILES string of the molecule is CCOC(=O)c1c(CO)n(CCC(C)C)c2ccccc12. The van der Waals surface area contributed by atoms with Crippen molar-refractivity contribution in [1.29, 1.82) is 0 Å². The summed E-state index contributed by atoms with van der Waals surface area (Å²) >= 11 is 0. The molecule has 0 amide bonds. The third-order valence-corrected chi connectivity index (χ3v) is 3.64. The van der Waals surface area contributed by atoms with E-state index in [9.17, 15) is 9.90 Å². The molecule has 2 rings (SSSR count). The van der Waals surface area contributed by atoms with Crippen LogP contribution in [0, 0.1) is 5.92 Å². The largest absolute Gasteiger partial charge is 0.462 e. The Bertz CT molecular complexity index is 628. The van der Waals surface area contributed by atoms with Gasteiger partial charge in [-0.1, -0.05) is 32.0 Å². The van der Waals surface area contributed by atoms with Crippen LogP contribution in [-0.2, 0) is 17.9 Å². The van der Waals surface area contributed by atoms with Crippen molar-refractivity contribution in [2.45, 2.75) is 40.3 Å². The zero-order valence-corrected chi connectivity index (χ0v) is 12.9. The van der Waals surface area contributed by atoms with E-state index < -0.39 is 0 Å². The van der Waals surface area contributed by atoms with Gasteiger partial charge in [-0.15, -0.1) is 0 Å². The number of esters is 1. The van der Waals surface area contributed by atoms with Gasteiger partial charge < -0.3 is 14.4 Å². The van der Waals surface area contributed by atoms with Gasteiger partial charge in [-0.2, -0.15) is 0 Å². The summed E-state index contributed by atoms with van der Waals surface area (Å²) in [5.41, 5.74) is 2.12.